The lowest BCUT2D eigenvalue weighted by molar-refractivity contribution is -0.136. The number of aryl methyl sites for hydroxylation is 1. The molecule has 0 amide bonds. The zero-order chi connectivity index (χ0) is 20.6. The number of hydrogen-bond acceptors (Lipinski definition) is 8. The van der Waals surface area contributed by atoms with Crippen LogP contribution in [-0.2, 0) is 6.18 Å². The molecule has 3 aromatic rings. The maximum Gasteiger partial charge on any atom is 0.422 e. The van der Waals surface area contributed by atoms with Crippen molar-refractivity contribution in [2.24, 2.45) is 0 Å². The SMILES string of the molecule is CNc1nc(N)nc(-c2cc(OC)c(-c3nnc(C)o3)cc2Cl)c1C(F)(F)F. The van der Waals surface area contributed by atoms with Gasteiger partial charge in [0.1, 0.15) is 17.1 Å². The minimum atomic E-state index is -4.76. The standard InChI is InChI=1S/C16H14ClF3N6O2/c1-6-25-26-14(28-6)8-4-9(17)7(5-10(8)27-3)12-11(16(18,19)20)13(22-2)24-15(21)23-12/h4-5H,1-3H3,(H3,21,22,23,24). The molecular weight excluding hydrogens is 401 g/mol. The fourth-order valence-electron chi connectivity index (χ4n) is 2.60. The summed E-state index contributed by atoms with van der Waals surface area (Å²) in [4.78, 5) is 7.39. The molecule has 3 N–H and O–H groups in total. The van der Waals surface area contributed by atoms with E-state index in [4.69, 9.17) is 26.5 Å². The molecule has 8 nitrogen and oxygen atoms in total. The fourth-order valence-corrected chi connectivity index (χ4v) is 2.85. The second kappa shape index (κ2) is 7.15. The van der Waals surface area contributed by atoms with Crippen molar-refractivity contribution in [2.75, 3.05) is 25.2 Å². The Labute approximate surface area is 161 Å². The number of alkyl halides is 3. The molecule has 0 spiro atoms. The van der Waals surface area contributed by atoms with Crippen LogP contribution in [0.4, 0.5) is 24.9 Å². The van der Waals surface area contributed by atoms with Crippen molar-refractivity contribution in [3.05, 3.63) is 28.6 Å². The Kier molecular flexibility index (Phi) is 5.02. The molecule has 0 saturated heterocycles. The van der Waals surface area contributed by atoms with E-state index in [1.54, 1.807) is 6.92 Å². The van der Waals surface area contributed by atoms with Crippen molar-refractivity contribution in [1.82, 2.24) is 20.2 Å². The first kappa shape index (κ1) is 19.7. The highest BCUT2D eigenvalue weighted by atomic mass is 35.5. The van der Waals surface area contributed by atoms with E-state index in [2.05, 4.69) is 25.5 Å². The minimum Gasteiger partial charge on any atom is -0.496 e. The summed E-state index contributed by atoms with van der Waals surface area (Å²) < 4.78 is 51.7. The molecule has 0 unspecified atom stereocenters. The molecular formula is C16H14ClF3N6O2. The van der Waals surface area contributed by atoms with E-state index >= 15 is 0 Å². The van der Waals surface area contributed by atoms with E-state index in [1.807, 2.05) is 0 Å². The number of methoxy groups -OCH3 is 1. The van der Waals surface area contributed by atoms with Gasteiger partial charge in [-0.2, -0.15) is 18.2 Å². The first-order valence-electron chi connectivity index (χ1n) is 7.76. The van der Waals surface area contributed by atoms with E-state index in [0.717, 1.165) is 0 Å². The van der Waals surface area contributed by atoms with Crippen LogP contribution in [-0.4, -0.2) is 34.3 Å². The van der Waals surface area contributed by atoms with Crippen molar-refractivity contribution < 1.29 is 22.3 Å². The van der Waals surface area contributed by atoms with Crippen molar-refractivity contribution in [3.8, 4) is 28.5 Å². The molecule has 0 aliphatic rings. The van der Waals surface area contributed by atoms with E-state index < -0.39 is 23.3 Å². The zero-order valence-electron chi connectivity index (χ0n) is 14.8. The van der Waals surface area contributed by atoms with Crippen LogP contribution in [0.5, 0.6) is 5.75 Å². The lowest BCUT2D eigenvalue weighted by atomic mass is 10.0. The highest BCUT2D eigenvalue weighted by Crippen LogP contribution is 2.45. The first-order chi connectivity index (χ1) is 13.2. The van der Waals surface area contributed by atoms with Gasteiger partial charge in [0.15, 0.2) is 0 Å². The van der Waals surface area contributed by atoms with E-state index in [1.165, 1.54) is 26.3 Å². The molecule has 0 aliphatic carbocycles. The molecule has 0 saturated carbocycles. The van der Waals surface area contributed by atoms with Gasteiger partial charge in [-0.1, -0.05) is 11.6 Å². The number of halogens is 4. The molecule has 0 fully saturated rings. The Morgan fingerprint density at radius 1 is 1.18 bits per heavy atom. The van der Waals surface area contributed by atoms with Crippen LogP contribution < -0.4 is 15.8 Å². The van der Waals surface area contributed by atoms with Crippen molar-refractivity contribution >= 4 is 23.4 Å². The molecule has 0 radical (unpaired) electrons. The Morgan fingerprint density at radius 2 is 1.89 bits per heavy atom. The van der Waals surface area contributed by atoms with Crippen LogP contribution in [0.25, 0.3) is 22.7 Å². The van der Waals surface area contributed by atoms with Crippen LogP contribution in [0, 0.1) is 6.92 Å². The maximum atomic E-state index is 13.7. The fraction of sp³-hybridized carbons (Fsp3) is 0.250. The third-order valence-corrected chi connectivity index (χ3v) is 4.06. The third-order valence-electron chi connectivity index (χ3n) is 3.75. The Hall–Kier alpha value is -3.08. The zero-order valence-corrected chi connectivity index (χ0v) is 15.6. The number of benzene rings is 1. The predicted octanol–water partition coefficient (Wildman–Crippen LogP) is 3.81. The number of nitrogens with zero attached hydrogens (tertiary/aromatic N) is 4. The average Bonchev–Trinajstić information content (AvgIpc) is 3.05. The van der Waals surface area contributed by atoms with Gasteiger partial charge in [-0.05, 0) is 12.1 Å². The topological polar surface area (TPSA) is 112 Å². The Morgan fingerprint density at radius 3 is 2.43 bits per heavy atom. The number of nitrogens with one attached hydrogen (secondary N) is 1. The summed E-state index contributed by atoms with van der Waals surface area (Å²) in [7, 11) is 2.64. The summed E-state index contributed by atoms with van der Waals surface area (Å²) in [6, 6.07) is 2.66. The normalized spacial score (nSPS) is 11.5. The molecule has 2 aromatic heterocycles. The number of aromatic nitrogens is 4. The van der Waals surface area contributed by atoms with E-state index in [0.29, 0.717) is 11.5 Å². The van der Waals surface area contributed by atoms with Gasteiger partial charge in [-0.3, -0.25) is 0 Å². The average molecular weight is 415 g/mol. The van der Waals surface area contributed by atoms with Gasteiger partial charge >= 0.3 is 6.18 Å². The van der Waals surface area contributed by atoms with Gasteiger partial charge in [0.2, 0.25) is 11.8 Å². The monoisotopic (exact) mass is 414 g/mol. The van der Waals surface area contributed by atoms with Crippen molar-refractivity contribution in [3.63, 3.8) is 0 Å². The summed E-state index contributed by atoms with van der Waals surface area (Å²) in [6.07, 6.45) is -4.76. The first-order valence-corrected chi connectivity index (χ1v) is 8.14. The summed E-state index contributed by atoms with van der Waals surface area (Å²) >= 11 is 6.29. The van der Waals surface area contributed by atoms with Crippen LogP contribution in [0.1, 0.15) is 11.5 Å². The number of nitrogens with two attached hydrogens (primary N) is 1. The number of nitrogen functional groups attached to an aromatic ring is 1. The Balaban J connectivity index is 2.29. The predicted molar refractivity (Wildman–Crippen MR) is 96.0 cm³/mol. The molecule has 0 aliphatic heterocycles. The number of hydrogen-bond donors (Lipinski definition) is 2. The van der Waals surface area contributed by atoms with Crippen molar-refractivity contribution in [1.29, 1.82) is 0 Å². The molecule has 148 valence electrons. The highest BCUT2D eigenvalue weighted by molar-refractivity contribution is 6.33. The van der Waals surface area contributed by atoms with Gasteiger partial charge in [-0.15, -0.1) is 10.2 Å². The van der Waals surface area contributed by atoms with E-state index in [9.17, 15) is 13.2 Å². The minimum absolute atomic E-state index is 0.0442. The van der Waals surface area contributed by atoms with Gasteiger partial charge in [-0.25, -0.2) is 4.98 Å². The summed E-state index contributed by atoms with van der Waals surface area (Å²) in [6.45, 7) is 1.59. The smallest absolute Gasteiger partial charge is 0.422 e. The number of anilines is 2. The summed E-state index contributed by atoms with van der Waals surface area (Å²) in [5.74, 6) is -0.240. The van der Waals surface area contributed by atoms with E-state index in [-0.39, 0.29) is 28.2 Å². The van der Waals surface area contributed by atoms with Gasteiger partial charge in [0.25, 0.3) is 5.89 Å². The lowest BCUT2D eigenvalue weighted by Gasteiger charge is -2.18. The van der Waals surface area contributed by atoms with Crippen LogP contribution in [0.2, 0.25) is 5.02 Å². The summed E-state index contributed by atoms with van der Waals surface area (Å²) in [5, 5.41) is 9.93. The largest absolute Gasteiger partial charge is 0.496 e. The quantitative estimate of drug-likeness (QED) is 0.662. The number of rotatable bonds is 4. The van der Waals surface area contributed by atoms with Gasteiger partial charge < -0.3 is 20.2 Å². The summed E-state index contributed by atoms with van der Waals surface area (Å²) in [5.41, 5.74) is 4.28. The lowest BCUT2D eigenvalue weighted by Crippen LogP contribution is -2.15. The molecule has 3 rings (SSSR count). The highest BCUT2D eigenvalue weighted by Gasteiger charge is 2.39. The maximum absolute atomic E-state index is 13.7. The van der Waals surface area contributed by atoms with Gasteiger partial charge in [0, 0.05) is 19.5 Å². The van der Waals surface area contributed by atoms with Crippen LogP contribution >= 0.6 is 11.6 Å². The molecule has 12 heteroatoms. The van der Waals surface area contributed by atoms with Crippen LogP contribution in [0.3, 0.4) is 0 Å². The third kappa shape index (κ3) is 3.52. The molecule has 28 heavy (non-hydrogen) atoms. The van der Waals surface area contributed by atoms with Gasteiger partial charge in [0.05, 0.1) is 23.4 Å². The molecule has 1 aromatic carbocycles. The number of ether oxygens (including phenoxy) is 1. The molecule has 0 bridgehead atoms. The second-order valence-electron chi connectivity index (χ2n) is 5.56. The second-order valence-corrected chi connectivity index (χ2v) is 5.97. The van der Waals surface area contributed by atoms with Crippen LogP contribution in [0.15, 0.2) is 16.5 Å². The molecule has 0 atom stereocenters. The van der Waals surface area contributed by atoms with Crippen molar-refractivity contribution in [2.45, 2.75) is 13.1 Å². The Bertz CT molecular complexity index is 1040. The molecule has 2 heterocycles.